The van der Waals surface area contributed by atoms with Crippen LogP contribution in [0.3, 0.4) is 0 Å². The fraction of sp³-hybridized carbons (Fsp3) is 0.385. The molecular formula is C13H14FN3O3. The van der Waals surface area contributed by atoms with Crippen molar-refractivity contribution >= 4 is 17.8 Å². The Morgan fingerprint density at radius 2 is 1.90 bits per heavy atom. The molecule has 6 nitrogen and oxygen atoms in total. The Labute approximate surface area is 115 Å². The summed E-state index contributed by atoms with van der Waals surface area (Å²) in [6.07, 6.45) is -0.961. The highest BCUT2D eigenvalue weighted by molar-refractivity contribution is 5.94. The summed E-state index contributed by atoms with van der Waals surface area (Å²) in [5, 5.41) is 9.00. The molecule has 2 aliphatic heterocycles. The number of carbonyl (C=O) groups is 2. The number of fused-ring (bicyclic) bond motifs is 1. The lowest BCUT2D eigenvalue weighted by molar-refractivity contribution is 0.0997. The molecule has 3 amide bonds. The first kappa shape index (κ1) is 12.7. The van der Waals surface area contributed by atoms with Gasteiger partial charge in [0.2, 0.25) is 0 Å². The van der Waals surface area contributed by atoms with Gasteiger partial charge in [-0.15, -0.1) is 0 Å². The first-order chi connectivity index (χ1) is 9.56. The van der Waals surface area contributed by atoms with E-state index in [9.17, 15) is 14.0 Å². The average molecular weight is 279 g/mol. The highest BCUT2D eigenvalue weighted by Gasteiger charge is 2.42. The van der Waals surface area contributed by atoms with Crippen molar-refractivity contribution in [1.82, 2.24) is 9.80 Å². The number of benzene rings is 1. The predicted octanol–water partition coefficient (Wildman–Crippen LogP) is 1.43. The number of rotatable bonds is 1. The Balaban J connectivity index is 1.79. The van der Waals surface area contributed by atoms with Crippen LogP contribution in [0.1, 0.15) is 0 Å². The first-order valence-corrected chi connectivity index (χ1v) is 6.38. The van der Waals surface area contributed by atoms with Gasteiger partial charge in [-0.3, -0.25) is 4.90 Å². The van der Waals surface area contributed by atoms with E-state index in [2.05, 4.69) is 0 Å². The quantitative estimate of drug-likeness (QED) is 0.845. The Kier molecular flexibility index (Phi) is 2.96. The highest BCUT2D eigenvalue weighted by Crippen LogP contribution is 2.26. The summed E-state index contributed by atoms with van der Waals surface area (Å²) in [6, 6.07) is 5.44. The van der Waals surface area contributed by atoms with Crippen LogP contribution in [0.5, 0.6) is 0 Å². The van der Waals surface area contributed by atoms with E-state index in [4.69, 9.17) is 5.11 Å². The number of hydrogen-bond acceptors (Lipinski definition) is 2. The summed E-state index contributed by atoms with van der Waals surface area (Å²) in [7, 11) is 0. The molecule has 106 valence electrons. The molecule has 0 saturated carbocycles. The van der Waals surface area contributed by atoms with Gasteiger partial charge in [0.1, 0.15) is 5.82 Å². The topological polar surface area (TPSA) is 64.1 Å². The van der Waals surface area contributed by atoms with Crippen LogP contribution < -0.4 is 4.90 Å². The zero-order valence-corrected chi connectivity index (χ0v) is 10.7. The number of halogens is 1. The van der Waals surface area contributed by atoms with Gasteiger partial charge in [0.15, 0.2) is 0 Å². The van der Waals surface area contributed by atoms with Crippen molar-refractivity contribution in [3.8, 4) is 0 Å². The molecule has 0 radical (unpaired) electrons. The van der Waals surface area contributed by atoms with Gasteiger partial charge in [-0.05, 0) is 24.3 Å². The number of anilines is 1. The molecule has 1 aromatic carbocycles. The minimum Gasteiger partial charge on any atom is -0.465 e. The lowest BCUT2D eigenvalue weighted by Crippen LogP contribution is -2.53. The zero-order chi connectivity index (χ0) is 14.3. The van der Waals surface area contributed by atoms with Crippen LogP contribution >= 0.6 is 0 Å². The Morgan fingerprint density at radius 1 is 1.20 bits per heavy atom. The van der Waals surface area contributed by atoms with E-state index in [1.165, 1.54) is 17.0 Å². The molecular weight excluding hydrogens is 265 g/mol. The molecule has 1 N–H and O–H groups in total. The van der Waals surface area contributed by atoms with Crippen molar-refractivity contribution in [2.45, 2.75) is 6.04 Å². The number of hydrogen-bond donors (Lipinski definition) is 1. The van der Waals surface area contributed by atoms with Crippen molar-refractivity contribution in [2.75, 3.05) is 31.1 Å². The molecule has 7 heteroatoms. The number of urea groups is 1. The molecule has 2 fully saturated rings. The van der Waals surface area contributed by atoms with Crippen molar-refractivity contribution in [1.29, 1.82) is 0 Å². The Morgan fingerprint density at radius 3 is 2.55 bits per heavy atom. The number of piperazine rings is 1. The van der Waals surface area contributed by atoms with Gasteiger partial charge < -0.3 is 14.9 Å². The van der Waals surface area contributed by atoms with Crippen molar-refractivity contribution < 1.29 is 19.1 Å². The van der Waals surface area contributed by atoms with E-state index in [1.807, 2.05) is 0 Å². The van der Waals surface area contributed by atoms with Crippen LogP contribution in [-0.2, 0) is 0 Å². The normalized spacial score (nSPS) is 22.1. The molecule has 0 spiro atoms. The SMILES string of the molecule is O=C(O)N1CCN2C(=O)N(c3ccc(F)cc3)C[C@@H]2C1. The molecule has 3 rings (SSSR count). The van der Waals surface area contributed by atoms with Gasteiger partial charge in [-0.2, -0.15) is 0 Å². The van der Waals surface area contributed by atoms with Gasteiger partial charge in [0.25, 0.3) is 0 Å². The van der Waals surface area contributed by atoms with Crippen molar-refractivity contribution in [3.63, 3.8) is 0 Å². The molecule has 1 aromatic rings. The van der Waals surface area contributed by atoms with Crippen LogP contribution in [-0.4, -0.2) is 59.3 Å². The van der Waals surface area contributed by atoms with Gasteiger partial charge in [-0.1, -0.05) is 0 Å². The molecule has 0 aliphatic carbocycles. The summed E-state index contributed by atoms with van der Waals surface area (Å²) in [5.41, 5.74) is 0.632. The van der Waals surface area contributed by atoms with E-state index < -0.39 is 6.09 Å². The maximum Gasteiger partial charge on any atom is 0.407 e. The molecule has 2 heterocycles. The summed E-state index contributed by atoms with van der Waals surface area (Å²) in [6.45, 7) is 1.47. The minimum atomic E-state index is -0.961. The molecule has 0 bridgehead atoms. The fourth-order valence-electron chi connectivity index (χ4n) is 2.72. The molecule has 20 heavy (non-hydrogen) atoms. The van der Waals surface area contributed by atoms with E-state index in [1.54, 1.807) is 21.9 Å². The molecule has 0 aromatic heterocycles. The van der Waals surface area contributed by atoms with Crippen LogP contribution in [0.2, 0.25) is 0 Å². The third kappa shape index (κ3) is 2.04. The standard InChI is InChI=1S/C13H14FN3O3/c14-9-1-3-10(4-2-9)17-8-11-7-15(13(19)20)5-6-16(11)12(17)18/h1-4,11H,5-8H2,(H,19,20)/t11-/m0/s1. The van der Waals surface area contributed by atoms with E-state index >= 15 is 0 Å². The number of carboxylic acid groups (broad SMARTS) is 1. The average Bonchev–Trinajstić information content (AvgIpc) is 2.76. The second-order valence-electron chi connectivity index (χ2n) is 4.95. The summed E-state index contributed by atoms with van der Waals surface area (Å²) < 4.78 is 12.9. The van der Waals surface area contributed by atoms with E-state index in [-0.39, 0.29) is 17.9 Å². The predicted molar refractivity (Wildman–Crippen MR) is 69.2 cm³/mol. The number of amides is 3. The minimum absolute atomic E-state index is 0.141. The summed E-state index contributed by atoms with van der Waals surface area (Å²) in [4.78, 5) is 27.8. The molecule has 1 atom stereocenters. The monoisotopic (exact) mass is 279 g/mol. The van der Waals surface area contributed by atoms with Gasteiger partial charge in [0, 0.05) is 31.9 Å². The van der Waals surface area contributed by atoms with Crippen LogP contribution in [0.15, 0.2) is 24.3 Å². The fourth-order valence-corrected chi connectivity index (χ4v) is 2.72. The lowest BCUT2D eigenvalue weighted by Gasteiger charge is -2.34. The maximum absolute atomic E-state index is 12.9. The Hall–Kier alpha value is -2.31. The highest BCUT2D eigenvalue weighted by atomic mass is 19.1. The summed E-state index contributed by atoms with van der Waals surface area (Å²) in [5.74, 6) is -0.352. The first-order valence-electron chi connectivity index (χ1n) is 6.38. The summed E-state index contributed by atoms with van der Waals surface area (Å²) >= 11 is 0. The van der Waals surface area contributed by atoms with Crippen molar-refractivity contribution in [2.24, 2.45) is 0 Å². The third-order valence-corrected chi connectivity index (χ3v) is 3.76. The largest absolute Gasteiger partial charge is 0.465 e. The molecule has 2 saturated heterocycles. The third-order valence-electron chi connectivity index (χ3n) is 3.76. The zero-order valence-electron chi connectivity index (χ0n) is 10.7. The number of carbonyl (C=O) groups excluding carboxylic acids is 1. The van der Waals surface area contributed by atoms with Gasteiger partial charge in [-0.25, -0.2) is 14.0 Å². The lowest BCUT2D eigenvalue weighted by atomic mass is 10.2. The van der Waals surface area contributed by atoms with Crippen LogP contribution in [0, 0.1) is 5.82 Å². The maximum atomic E-state index is 12.9. The Bertz CT molecular complexity index is 548. The number of nitrogens with zero attached hydrogens (tertiary/aromatic N) is 3. The van der Waals surface area contributed by atoms with Gasteiger partial charge >= 0.3 is 12.1 Å². The smallest absolute Gasteiger partial charge is 0.407 e. The van der Waals surface area contributed by atoms with Gasteiger partial charge in [0.05, 0.1) is 6.04 Å². The molecule has 0 unspecified atom stereocenters. The van der Waals surface area contributed by atoms with Crippen LogP contribution in [0.4, 0.5) is 19.7 Å². The molecule has 2 aliphatic rings. The second-order valence-corrected chi connectivity index (χ2v) is 4.95. The van der Waals surface area contributed by atoms with Crippen molar-refractivity contribution in [3.05, 3.63) is 30.1 Å². The van der Waals surface area contributed by atoms with Crippen LogP contribution in [0.25, 0.3) is 0 Å². The van der Waals surface area contributed by atoms with E-state index in [0.29, 0.717) is 31.9 Å². The van der Waals surface area contributed by atoms with E-state index in [0.717, 1.165) is 0 Å². The second kappa shape index (κ2) is 4.66.